The van der Waals surface area contributed by atoms with E-state index >= 15 is 0 Å². The second-order valence-electron chi connectivity index (χ2n) is 2.65. The van der Waals surface area contributed by atoms with Crippen LogP contribution in [0.25, 0.3) is 0 Å². The lowest BCUT2D eigenvalue weighted by Gasteiger charge is -2.02. The first-order valence-electron chi connectivity index (χ1n) is 4.12. The first-order chi connectivity index (χ1) is 4.81. The standard InChI is InChI=1S/C9H18O/c1-3-5-6-7-8-9(10)4-2/h4,9-10H,2-3,5-8H2,1H3. The van der Waals surface area contributed by atoms with E-state index in [0.717, 1.165) is 12.8 Å². The van der Waals surface area contributed by atoms with Gasteiger partial charge in [-0.25, -0.2) is 0 Å². The molecule has 60 valence electrons. The molecule has 0 saturated carbocycles. The summed E-state index contributed by atoms with van der Waals surface area (Å²) in [6.07, 6.45) is 7.10. The third-order valence-electron chi connectivity index (χ3n) is 1.63. The highest BCUT2D eigenvalue weighted by molar-refractivity contribution is 4.77. The Labute approximate surface area is 63.8 Å². The summed E-state index contributed by atoms with van der Waals surface area (Å²) < 4.78 is 0. The van der Waals surface area contributed by atoms with Crippen molar-refractivity contribution in [1.82, 2.24) is 0 Å². The van der Waals surface area contributed by atoms with Crippen molar-refractivity contribution in [1.29, 1.82) is 0 Å². The third-order valence-corrected chi connectivity index (χ3v) is 1.63. The zero-order chi connectivity index (χ0) is 7.82. The van der Waals surface area contributed by atoms with E-state index in [2.05, 4.69) is 13.5 Å². The van der Waals surface area contributed by atoms with Gasteiger partial charge in [0.05, 0.1) is 6.10 Å². The van der Waals surface area contributed by atoms with E-state index in [4.69, 9.17) is 5.11 Å². The zero-order valence-electron chi connectivity index (χ0n) is 6.84. The molecule has 0 spiro atoms. The predicted molar refractivity (Wildman–Crippen MR) is 45.0 cm³/mol. The molecular formula is C9H18O. The fraction of sp³-hybridized carbons (Fsp3) is 0.778. The summed E-state index contributed by atoms with van der Waals surface area (Å²) >= 11 is 0. The SMILES string of the molecule is C=CC(O)CCCCCC. The van der Waals surface area contributed by atoms with Crippen LogP contribution in [-0.2, 0) is 0 Å². The van der Waals surface area contributed by atoms with E-state index < -0.39 is 0 Å². The van der Waals surface area contributed by atoms with Gasteiger partial charge in [-0.3, -0.25) is 0 Å². The average Bonchev–Trinajstić information content (AvgIpc) is 1.98. The quantitative estimate of drug-likeness (QED) is 0.446. The molecule has 1 heteroatoms. The van der Waals surface area contributed by atoms with Crippen LogP contribution in [-0.4, -0.2) is 11.2 Å². The van der Waals surface area contributed by atoms with Gasteiger partial charge < -0.3 is 5.11 Å². The molecule has 0 rings (SSSR count). The summed E-state index contributed by atoms with van der Waals surface area (Å²) in [5.41, 5.74) is 0. The van der Waals surface area contributed by atoms with Gasteiger partial charge in [-0.15, -0.1) is 6.58 Å². The van der Waals surface area contributed by atoms with Gasteiger partial charge in [-0.2, -0.15) is 0 Å². The first kappa shape index (κ1) is 9.70. The molecule has 0 aromatic rings. The first-order valence-corrected chi connectivity index (χ1v) is 4.12. The summed E-state index contributed by atoms with van der Waals surface area (Å²) in [5, 5.41) is 9.04. The summed E-state index contributed by atoms with van der Waals surface area (Å²) in [7, 11) is 0. The lowest BCUT2D eigenvalue weighted by atomic mass is 10.1. The molecule has 1 N–H and O–H groups in total. The molecule has 0 aliphatic carbocycles. The molecule has 0 bridgehead atoms. The molecule has 1 atom stereocenters. The molecule has 0 aliphatic heterocycles. The molecule has 0 aromatic carbocycles. The van der Waals surface area contributed by atoms with E-state index in [0.29, 0.717) is 0 Å². The van der Waals surface area contributed by atoms with Crippen LogP contribution in [0.1, 0.15) is 39.0 Å². The average molecular weight is 142 g/mol. The number of hydrogen-bond donors (Lipinski definition) is 1. The third kappa shape index (κ3) is 5.83. The molecule has 0 radical (unpaired) electrons. The Balaban J connectivity index is 2.95. The van der Waals surface area contributed by atoms with E-state index in [1.807, 2.05) is 0 Å². The zero-order valence-corrected chi connectivity index (χ0v) is 6.84. The maximum absolute atomic E-state index is 9.04. The minimum atomic E-state index is -0.281. The molecule has 0 aliphatic rings. The molecule has 0 heterocycles. The van der Waals surface area contributed by atoms with Crippen molar-refractivity contribution in [3.8, 4) is 0 Å². The van der Waals surface area contributed by atoms with Gasteiger partial charge in [0, 0.05) is 0 Å². The van der Waals surface area contributed by atoms with Crippen molar-refractivity contribution in [2.75, 3.05) is 0 Å². The predicted octanol–water partition coefficient (Wildman–Crippen LogP) is 2.50. The number of hydrogen-bond acceptors (Lipinski definition) is 1. The van der Waals surface area contributed by atoms with E-state index in [1.54, 1.807) is 6.08 Å². The Hall–Kier alpha value is -0.300. The normalized spacial score (nSPS) is 13.0. The van der Waals surface area contributed by atoms with Crippen molar-refractivity contribution in [2.45, 2.75) is 45.1 Å². The van der Waals surface area contributed by atoms with Gasteiger partial charge in [-0.05, 0) is 6.42 Å². The van der Waals surface area contributed by atoms with Gasteiger partial charge in [0.1, 0.15) is 0 Å². The van der Waals surface area contributed by atoms with Crippen molar-refractivity contribution < 1.29 is 5.11 Å². The molecule has 1 unspecified atom stereocenters. The lowest BCUT2D eigenvalue weighted by molar-refractivity contribution is 0.208. The maximum atomic E-state index is 9.04. The molecule has 0 fully saturated rings. The minimum absolute atomic E-state index is 0.281. The van der Waals surface area contributed by atoms with Gasteiger partial charge in [-0.1, -0.05) is 38.7 Å². The van der Waals surface area contributed by atoms with Crippen molar-refractivity contribution in [3.63, 3.8) is 0 Å². The Morgan fingerprint density at radius 3 is 2.60 bits per heavy atom. The molecule has 0 amide bonds. The summed E-state index contributed by atoms with van der Waals surface area (Å²) in [5.74, 6) is 0. The Morgan fingerprint density at radius 2 is 2.10 bits per heavy atom. The topological polar surface area (TPSA) is 20.2 Å². The molecule has 10 heavy (non-hydrogen) atoms. The Bertz CT molecular complexity index is 78.8. The van der Waals surface area contributed by atoms with E-state index in [9.17, 15) is 0 Å². The van der Waals surface area contributed by atoms with Crippen LogP contribution in [0.4, 0.5) is 0 Å². The van der Waals surface area contributed by atoms with Crippen molar-refractivity contribution in [2.24, 2.45) is 0 Å². The fourth-order valence-electron chi connectivity index (χ4n) is 0.898. The molecular weight excluding hydrogens is 124 g/mol. The molecule has 0 saturated heterocycles. The second kappa shape index (κ2) is 6.81. The number of aliphatic hydroxyl groups excluding tert-OH is 1. The van der Waals surface area contributed by atoms with Crippen molar-refractivity contribution in [3.05, 3.63) is 12.7 Å². The summed E-state index contributed by atoms with van der Waals surface area (Å²) in [6, 6.07) is 0. The highest BCUT2D eigenvalue weighted by Crippen LogP contribution is 2.05. The van der Waals surface area contributed by atoms with Gasteiger partial charge >= 0.3 is 0 Å². The highest BCUT2D eigenvalue weighted by Gasteiger charge is 1.95. The van der Waals surface area contributed by atoms with Crippen LogP contribution < -0.4 is 0 Å². The highest BCUT2D eigenvalue weighted by atomic mass is 16.3. The van der Waals surface area contributed by atoms with Crippen LogP contribution in [0, 0.1) is 0 Å². The van der Waals surface area contributed by atoms with E-state index in [-0.39, 0.29) is 6.10 Å². The van der Waals surface area contributed by atoms with Crippen LogP contribution in [0.15, 0.2) is 12.7 Å². The molecule has 1 nitrogen and oxygen atoms in total. The fourth-order valence-corrected chi connectivity index (χ4v) is 0.898. The molecule has 0 aromatic heterocycles. The lowest BCUT2D eigenvalue weighted by Crippen LogP contribution is -2.00. The number of aliphatic hydroxyl groups is 1. The second-order valence-corrected chi connectivity index (χ2v) is 2.65. The maximum Gasteiger partial charge on any atom is 0.0718 e. The largest absolute Gasteiger partial charge is 0.389 e. The summed E-state index contributed by atoms with van der Waals surface area (Å²) in [6.45, 7) is 5.69. The van der Waals surface area contributed by atoms with Crippen LogP contribution in [0.2, 0.25) is 0 Å². The number of unbranched alkanes of at least 4 members (excludes halogenated alkanes) is 3. The Kier molecular flexibility index (Phi) is 6.61. The summed E-state index contributed by atoms with van der Waals surface area (Å²) in [4.78, 5) is 0. The van der Waals surface area contributed by atoms with E-state index in [1.165, 1.54) is 19.3 Å². The van der Waals surface area contributed by atoms with Gasteiger partial charge in [0.25, 0.3) is 0 Å². The Morgan fingerprint density at radius 1 is 1.40 bits per heavy atom. The van der Waals surface area contributed by atoms with Gasteiger partial charge in [0.2, 0.25) is 0 Å². The van der Waals surface area contributed by atoms with Crippen LogP contribution in [0.5, 0.6) is 0 Å². The minimum Gasteiger partial charge on any atom is -0.389 e. The number of rotatable bonds is 6. The monoisotopic (exact) mass is 142 g/mol. The van der Waals surface area contributed by atoms with Crippen molar-refractivity contribution >= 4 is 0 Å². The smallest absolute Gasteiger partial charge is 0.0718 e. The van der Waals surface area contributed by atoms with Gasteiger partial charge in [0.15, 0.2) is 0 Å². The van der Waals surface area contributed by atoms with Crippen LogP contribution in [0.3, 0.4) is 0 Å². The van der Waals surface area contributed by atoms with Crippen LogP contribution >= 0.6 is 0 Å².